The zero-order valence-corrected chi connectivity index (χ0v) is 19.6. The van der Waals surface area contributed by atoms with Gasteiger partial charge in [-0.1, -0.05) is 18.2 Å². The summed E-state index contributed by atoms with van der Waals surface area (Å²) < 4.78 is 5.74. The topological polar surface area (TPSA) is 65.9 Å². The van der Waals surface area contributed by atoms with Gasteiger partial charge in [0.1, 0.15) is 24.3 Å². The monoisotopic (exact) mass is 447 g/mol. The number of aliphatic hydroxyl groups is 1. The lowest BCUT2D eigenvalue weighted by molar-refractivity contribution is 0.101. The third-order valence-electron chi connectivity index (χ3n) is 5.55. The molecule has 0 aliphatic carbocycles. The van der Waals surface area contributed by atoms with Gasteiger partial charge < -0.3 is 19.6 Å². The van der Waals surface area contributed by atoms with E-state index < -0.39 is 6.10 Å². The number of aromatic nitrogens is 1. The van der Waals surface area contributed by atoms with Gasteiger partial charge in [0.25, 0.3) is 0 Å². The number of carbonyl (C=O) groups excluding carboxylic acids is 1. The fourth-order valence-electron chi connectivity index (χ4n) is 3.69. The Morgan fingerprint density at radius 1 is 0.970 bits per heavy atom. The van der Waals surface area contributed by atoms with Crippen LogP contribution in [0.5, 0.6) is 5.75 Å². The number of ether oxygens (including phenoxy) is 1. The van der Waals surface area contributed by atoms with Crippen LogP contribution in [0.15, 0.2) is 72.9 Å². The molecule has 174 valence electrons. The van der Waals surface area contributed by atoms with Crippen LogP contribution >= 0.6 is 0 Å². The second-order valence-electron chi connectivity index (χ2n) is 7.95. The molecule has 1 N–H and O–H groups in total. The zero-order valence-electron chi connectivity index (χ0n) is 19.6. The summed E-state index contributed by atoms with van der Waals surface area (Å²) in [7, 11) is 0. The Morgan fingerprint density at radius 3 is 2.24 bits per heavy atom. The molecular formula is C27H33N3O3. The minimum atomic E-state index is -0.713. The summed E-state index contributed by atoms with van der Waals surface area (Å²) >= 11 is 0. The number of Topliss-reactive ketones (excluding diaryl/α,β-unsaturated/α-hetero) is 1. The number of benzene rings is 2. The van der Waals surface area contributed by atoms with Crippen molar-refractivity contribution in [3.05, 3.63) is 84.1 Å². The summed E-state index contributed by atoms with van der Waals surface area (Å²) in [6, 6.07) is 21.3. The highest BCUT2D eigenvalue weighted by Gasteiger charge is 2.15. The van der Waals surface area contributed by atoms with Crippen molar-refractivity contribution in [1.82, 2.24) is 4.98 Å². The van der Waals surface area contributed by atoms with E-state index in [1.54, 1.807) is 30.5 Å². The number of rotatable bonds is 12. The van der Waals surface area contributed by atoms with Crippen LogP contribution in [-0.4, -0.2) is 48.2 Å². The Hall–Kier alpha value is -3.38. The van der Waals surface area contributed by atoms with Crippen LogP contribution in [0.3, 0.4) is 0 Å². The van der Waals surface area contributed by atoms with E-state index in [2.05, 4.69) is 52.9 Å². The van der Waals surface area contributed by atoms with Crippen LogP contribution in [-0.2, 0) is 6.54 Å². The molecule has 1 unspecified atom stereocenters. The van der Waals surface area contributed by atoms with Gasteiger partial charge in [0.05, 0.1) is 0 Å². The van der Waals surface area contributed by atoms with E-state index in [1.165, 1.54) is 12.6 Å². The molecule has 0 saturated carbocycles. The van der Waals surface area contributed by atoms with E-state index in [1.807, 2.05) is 18.2 Å². The Labute approximate surface area is 196 Å². The third kappa shape index (κ3) is 7.05. The molecule has 1 aromatic heterocycles. The molecule has 0 radical (unpaired) electrons. The smallest absolute Gasteiger partial charge is 0.159 e. The Morgan fingerprint density at radius 2 is 1.67 bits per heavy atom. The number of aliphatic hydroxyl groups excluding tert-OH is 1. The molecule has 0 amide bonds. The summed E-state index contributed by atoms with van der Waals surface area (Å²) in [6.07, 6.45) is 1.04. The first-order valence-electron chi connectivity index (χ1n) is 11.4. The molecule has 1 atom stereocenters. The van der Waals surface area contributed by atoms with Gasteiger partial charge in [-0.25, -0.2) is 4.98 Å². The molecular weight excluding hydrogens is 414 g/mol. The predicted octanol–water partition coefficient (Wildman–Crippen LogP) is 4.58. The van der Waals surface area contributed by atoms with Gasteiger partial charge in [0.15, 0.2) is 5.78 Å². The molecule has 0 saturated heterocycles. The predicted molar refractivity (Wildman–Crippen MR) is 133 cm³/mol. The van der Waals surface area contributed by atoms with Crippen molar-refractivity contribution < 1.29 is 14.6 Å². The van der Waals surface area contributed by atoms with Crippen molar-refractivity contribution in [2.24, 2.45) is 0 Å². The lowest BCUT2D eigenvalue weighted by Gasteiger charge is -2.27. The van der Waals surface area contributed by atoms with Crippen molar-refractivity contribution in [1.29, 1.82) is 0 Å². The lowest BCUT2D eigenvalue weighted by Crippen LogP contribution is -2.35. The van der Waals surface area contributed by atoms with Crippen LogP contribution in [0.1, 0.15) is 36.7 Å². The van der Waals surface area contributed by atoms with Crippen LogP contribution < -0.4 is 14.5 Å². The SMILES string of the molecule is CCN(CC)c1ccc(CN(CC(O)COc2ccc(C(C)=O)cc2)c2ccccn2)cc1. The van der Waals surface area contributed by atoms with Crippen molar-refractivity contribution >= 4 is 17.3 Å². The van der Waals surface area contributed by atoms with Crippen LogP contribution in [0.2, 0.25) is 0 Å². The number of ketones is 1. The Kier molecular flexibility index (Phi) is 8.84. The number of anilines is 2. The van der Waals surface area contributed by atoms with Crippen LogP contribution in [0.25, 0.3) is 0 Å². The van der Waals surface area contributed by atoms with Gasteiger partial charge in [-0.05, 0) is 74.9 Å². The van der Waals surface area contributed by atoms with E-state index >= 15 is 0 Å². The lowest BCUT2D eigenvalue weighted by atomic mass is 10.1. The molecule has 0 bridgehead atoms. The van der Waals surface area contributed by atoms with Crippen molar-refractivity contribution in [2.45, 2.75) is 33.4 Å². The summed E-state index contributed by atoms with van der Waals surface area (Å²) in [5, 5.41) is 10.7. The van der Waals surface area contributed by atoms with Crippen LogP contribution in [0.4, 0.5) is 11.5 Å². The minimum Gasteiger partial charge on any atom is -0.491 e. The van der Waals surface area contributed by atoms with Crippen LogP contribution in [0, 0.1) is 0 Å². The fraction of sp³-hybridized carbons (Fsp3) is 0.333. The Bertz CT molecular complexity index is 987. The zero-order chi connectivity index (χ0) is 23.6. The first kappa shape index (κ1) is 24.3. The number of hydrogen-bond donors (Lipinski definition) is 1. The molecule has 0 spiro atoms. The average molecular weight is 448 g/mol. The molecule has 3 aromatic rings. The summed E-state index contributed by atoms with van der Waals surface area (Å²) in [6.45, 7) is 8.93. The molecule has 3 rings (SSSR count). The highest BCUT2D eigenvalue weighted by Crippen LogP contribution is 2.19. The molecule has 1 heterocycles. The summed E-state index contributed by atoms with van der Waals surface area (Å²) in [4.78, 5) is 20.3. The molecule has 6 nitrogen and oxygen atoms in total. The maximum Gasteiger partial charge on any atom is 0.159 e. The molecule has 6 heteroatoms. The van der Waals surface area contributed by atoms with Crippen molar-refractivity contribution in [3.8, 4) is 5.75 Å². The van der Waals surface area contributed by atoms with Gasteiger partial charge in [-0.15, -0.1) is 0 Å². The van der Waals surface area contributed by atoms with E-state index in [9.17, 15) is 9.90 Å². The maximum atomic E-state index is 11.4. The van der Waals surface area contributed by atoms with Gasteiger partial charge >= 0.3 is 0 Å². The highest BCUT2D eigenvalue weighted by molar-refractivity contribution is 5.94. The largest absolute Gasteiger partial charge is 0.491 e. The van der Waals surface area contributed by atoms with Crippen molar-refractivity contribution in [2.75, 3.05) is 36.0 Å². The summed E-state index contributed by atoms with van der Waals surface area (Å²) in [5.74, 6) is 1.43. The average Bonchev–Trinajstić information content (AvgIpc) is 2.85. The molecule has 0 aliphatic rings. The maximum absolute atomic E-state index is 11.4. The first-order valence-corrected chi connectivity index (χ1v) is 11.4. The first-order chi connectivity index (χ1) is 16.0. The number of carbonyl (C=O) groups is 1. The standard InChI is InChI=1S/C27H33N3O3/c1-4-29(5-2)24-13-9-22(10-14-24)18-30(27-8-6-7-17-28-27)19-25(32)20-33-26-15-11-23(12-16-26)21(3)31/h6-17,25,32H,4-5,18-20H2,1-3H3. The normalized spacial score (nSPS) is 11.6. The van der Waals surface area contributed by atoms with E-state index in [4.69, 9.17) is 4.74 Å². The number of hydrogen-bond acceptors (Lipinski definition) is 6. The molecule has 0 aliphatic heterocycles. The van der Waals surface area contributed by atoms with Gasteiger partial charge in [-0.3, -0.25) is 4.79 Å². The van der Waals surface area contributed by atoms with E-state index in [-0.39, 0.29) is 12.4 Å². The second kappa shape index (κ2) is 12.0. The summed E-state index contributed by atoms with van der Waals surface area (Å²) in [5.41, 5.74) is 2.98. The second-order valence-corrected chi connectivity index (χ2v) is 7.95. The minimum absolute atomic E-state index is 0.0118. The molecule has 33 heavy (non-hydrogen) atoms. The van der Waals surface area contributed by atoms with Crippen molar-refractivity contribution in [3.63, 3.8) is 0 Å². The third-order valence-corrected chi connectivity index (χ3v) is 5.55. The van der Waals surface area contributed by atoms with Gasteiger partial charge in [0.2, 0.25) is 0 Å². The van der Waals surface area contributed by atoms with E-state index in [0.717, 1.165) is 24.5 Å². The number of pyridine rings is 1. The van der Waals surface area contributed by atoms with Gasteiger partial charge in [-0.2, -0.15) is 0 Å². The fourth-order valence-corrected chi connectivity index (χ4v) is 3.69. The number of nitrogens with zero attached hydrogens (tertiary/aromatic N) is 3. The van der Waals surface area contributed by atoms with E-state index in [0.29, 0.717) is 24.4 Å². The van der Waals surface area contributed by atoms with Gasteiger partial charge in [0, 0.05) is 43.6 Å². The molecule has 2 aromatic carbocycles. The quantitative estimate of drug-likeness (QED) is 0.410. The molecule has 0 fully saturated rings. The highest BCUT2D eigenvalue weighted by atomic mass is 16.5. The Balaban J connectivity index is 1.65.